The lowest BCUT2D eigenvalue weighted by Crippen LogP contribution is -2.33. The van der Waals surface area contributed by atoms with E-state index in [4.69, 9.17) is 9.47 Å². The van der Waals surface area contributed by atoms with E-state index in [9.17, 15) is 20.1 Å². The molecule has 0 fully saturated rings. The van der Waals surface area contributed by atoms with Gasteiger partial charge >= 0.3 is 5.97 Å². The number of benzene rings is 1. The summed E-state index contributed by atoms with van der Waals surface area (Å²) in [6, 6.07) is 10.3. The maximum absolute atomic E-state index is 12.2. The molecule has 0 aliphatic rings. The number of ether oxygens (including phenoxy) is 2. The molecule has 0 saturated heterocycles. The number of hydrogen-bond donors (Lipinski definition) is 0. The molecule has 0 heterocycles. The molecule has 0 radical (unpaired) electrons. The molecule has 2 atom stereocenters. The highest BCUT2D eigenvalue weighted by molar-refractivity contribution is 5.99. The predicted octanol–water partition coefficient (Wildman–Crippen LogP) is 2.21. The number of carbonyl (C=O) groups excluding carboxylic acids is 2. The molecule has 6 heteroatoms. The molecule has 0 N–H and O–H groups in total. The van der Waals surface area contributed by atoms with Crippen LogP contribution in [0.5, 0.6) is 5.75 Å². The maximum Gasteiger partial charge on any atom is 0.317 e. The van der Waals surface area contributed by atoms with Gasteiger partial charge in [-0.15, -0.1) is 0 Å². The molecule has 0 saturated carbocycles. The van der Waals surface area contributed by atoms with Gasteiger partial charge in [0.1, 0.15) is 23.4 Å². The van der Waals surface area contributed by atoms with Crippen molar-refractivity contribution >= 4 is 11.8 Å². The lowest BCUT2D eigenvalue weighted by molar-refractivity contribution is -0.152. The van der Waals surface area contributed by atoms with Gasteiger partial charge in [0.25, 0.3) is 0 Å². The van der Waals surface area contributed by atoms with Gasteiger partial charge in [-0.05, 0) is 31.5 Å². The van der Waals surface area contributed by atoms with Crippen LogP contribution in [0.15, 0.2) is 24.3 Å². The van der Waals surface area contributed by atoms with Crippen molar-refractivity contribution in [2.24, 2.45) is 11.8 Å². The SMILES string of the molecule is CCOC(=O)[C@@H](C(C)=O)[C@@H](c1ccc(OC)cc1)C(C#N)C#N. The quantitative estimate of drug-likeness (QED) is 0.565. The third kappa shape index (κ3) is 4.31. The summed E-state index contributed by atoms with van der Waals surface area (Å²) < 4.78 is 10.0. The monoisotopic (exact) mass is 314 g/mol. The van der Waals surface area contributed by atoms with Crippen LogP contribution < -0.4 is 4.74 Å². The molecule has 0 aromatic heterocycles. The van der Waals surface area contributed by atoms with Crippen molar-refractivity contribution in [2.45, 2.75) is 19.8 Å². The van der Waals surface area contributed by atoms with Crippen molar-refractivity contribution in [2.75, 3.05) is 13.7 Å². The normalized spacial score (nSPS) is 12.6. The van der Waals surface area contributed by atoms with Crippen LogP contribution in [0.1, 0.15) is 25.3 Å². The van der Waals surface area contributed by atoms with Gasteiger partial charge in [-0.1, -0.05) is 12.1 Å². The highest BCUT2D eigenvalue weighted by atomic mass is 16.5. The largest absolute Gasteiger partial charge is 0.497 e. The Morgan fingerprint density at radius 3 is 2.13 bits per heavy atom. The Balaban J connectivity index is 3.37. The van der Waals surface area contributed by atoms with E-state index < -0.39 is 29.5 Å². The molecule has 1 rings (SSSR count). The van der Waals surface area contributed by atoms with E-state index in [1.54, 1.807) is 31.2 Å². The molecule has 120 valence electrons. The number of methoxy groups -OCH3 is 1. The highest BCUT2D eigenvalue weighted by Gasteiger charge is 2.40. The third-order valence-corrected chi connectivity index (χ3v) is 3.48. The summed E-state index contributed by atoms with van der Waals surface area (Å²) in [6.45, 7) is 3.00. The van der Waals surface area contributed by atoms with Crippen molar-refractivity contribution in [1.29, 1.82) is 10.5 Å². The number of ketones is 1. The van der Waals surface area contributed by atoms with Gasteiger partial charge < -0.3 is 9.47 Å². The number of hydrogen-bond acceptors (Lipinski definition) is 6. The average molecular weight is 314 g/mol. The Bertz CT molecular complexity index is 626. The molecule has 0 bridgehead atoms. The second-order valence-electron chi connectivity index (χ2n) is 4.88. The van der Waals surface area contributed by atoms with Gasteiger partial charge in [0.15, 0.2) is 0 Å². The number of Topliss-reactive ketones (excluding diaryl/α,β-unsaturated/α-hetero) is 1. The zero-order valence-corrected chi connectivity index (χ0v) is 13.3. The fraction of sp³-hybridized carbons (Fsp3) is 0.412. The number of carbonyl (C=O) groups is 2. The summed E-state index contributed by atoms with van der Waals surface area (Å²) in [5.74, 6) is -3.83. The zero-order valence-electron chi connectivity index (χ0n) is 13.3. The first kappa shape index (κ1) is 18.2. The highest BCUT2D eigenvalue weighted by Crippen LogP contribution is 2.34. The second kappa shape index (κ2) is 8.55. The minimum absolute atomic E-state index is 0.113. The molecular formula is C17H18N2O4. The fourth-order valence-electron chi connectivity index (χ4n) is 2.39. The van der Waals surface area contributed by atoms with E-state index in [1.165, 1.54) is 14.0 Å². The van der Waals surface area contributed by atoms with Crippen molar-refractivity contribution in [1.82, 2.24) is 0 Å². The first-order chi connectivity index (χ1) is 11.0. The van der Waals surface area contributed by atoms with Crippen LogP contribution in [0.2, 0.25) is 0 Å². The molecule has 0 unspecified atom stereocenters. The lowest BCUT2D eigenvalue weighted by atomic mass is 9.76. The van der Waals surface area contributed by atoms with Crippen LogP contribution in [-0.2, 0) is 14.3 Å². The van der Waals surface area contributed by atoms with Gasteiger partial charge in [0.05, 0.1) is 25.9 Å². The minimum Gasteiger partial charge on any atom is -0.497 e. The lowest BCUT2D eigenvalue weighted by Gasteiger charge is -2.24. The van der Waals surface area contributed by atoms with Crippen LogP contribution in [0.4, 0.5) is 0 Å². The van der Waals surface area contributed by atoms with E-state index in [0.29, 0.717) is 11.3 Å². The van der Waals surface area contributed by atoms with Crippen LogP contribution >= 0.6 is 0 Å². The first-order valence-corrected chi connectivity index (χ1v) is 7.10. The molecule has 6 nitrogen and oxygen atoms in total. The average Bonchev–Trinajstić information content (AvgIpc) is 2.55. The summed E-state index contributed by atoms with van der Waals surface area (Å²) >= 11 is 0. The van der Waals surface area contributed by atoms with Crippen LogP contribution in [0.25, 0.3) is 0 Å². The molecule has 23 heavy (non-hydrogen) atoms. The van der Waals surface area contributed by atoms with E-state index in [1.807, 2.05) is 12.1 Å². The van der Waals surface area contributed by atoms with Crippen molar-refractivity contribution in [3.8, 4) is 17.9 Å². The topological polar surface area (TPSA) is 100 Å². The molecule has 0 amide bonds. The first-order valence-electron chi connectivity index (χ1n) is 7.10. The van der Waals surface area contributed by atoms with Gasteiger partial charge in [-0.2, -0.15) is 10.5 Å². The van der Waals surface area contributed by atoms with Crippen LogP contribution in [-0.4, -0.2) is 25.5 Å². The van der Waals surface area contributed by atoms with Crippen molar-refractivity contribution in [3.63, 3.8) is 0 Å². The standard InChI is InChI=1S/C17H18N2O4/c1-4-23-17(21)15(11(2)20)16(13(9-18)10-19)12-5-7-14(22-3)8-6-12/h5-8,13,15-16H,4H2,1-3H3/t15-,16-/m0/s1. The van der Waals surface area contributed by atoms with Gasteiger partial charge in [-0.3, -0.25) is 9.59 Å². The second-order valence-corrected chi connectivity index (χ2v) is 4.88. The summed E-state index contributed by atoms with van der Waals surface area (Å²) in [6.07, 6.45) is 0. The summed E-state index contributed by atoms with van der Waals surface area (Å²) in [5, 5.41) is 18.5. The predicted molar refractivity (Wildman–Crippen MR) is 81.3 cm³/mol. The number of nitriles is 2. The Morgan fingerprint density at radius 1 is 1.17 bits per heavy atom. The molecule has 0 aliphatic heterocycles. The third-order valence-electron chi connectivity index (χ3n) is 3.48. The molecule has 0 spiro atoms. The Morgan fingerprint density at radius 2 is 1.74 bits per heavy atom. The summed E-state index contributed by atoms with van der Waals surface area (Å²) in [5.41, 5.74) is 0.534. The fourth-order valence-corrected chi connectivity index (χ4v) is 2.39. The van der Waals surface area contributed by atoms with E-state index >= 15 is 0 Å². The Kier molecular flexibility index (Phi) is 6.76. The smallest absolute Gasteiger partial charge is 0.317 e. The van der Waals surface area contributed by atoms with E-state index in [-0.39, 0.29) is 6.61 Å². The Hall–Kier alpha value is -2.86. The van der Waals surface area contributed by atoms with Gasteiger partial charge in [0, 0.05) is 5.92 Å². The number of nitrogens with zero attached hydrogens (tertiary/aromatic N) is 2. The molecular weight excluding hydrogens is 296 g/mol. The minimum atomic E-state index is -1.20. The maximum atomic E-state index is 12.2. The number of esters is 1. The van der Waals surface area contributed by atoms with Crippen molar-refractivity contribution in [3.05, 3.63) is 29.8 Å². The molecule has 0 aliphatic carbocycles. The molecule has 1 aromatic carbocycles. The van der Waals surface area contributed by atoms with Gasteiger partial charge in [-0.25, -0.2) is 0 Å². The summed E-state index contributed by atoms with van der Waals surface area (Å²) in [4.78, 5) is 24.2. The van der Waals surface area contributed by atoms with E-state index in [0.717, 1.165) is 0 Å². The zero-order chi connectivity index (χ0) is 17.4. The van der Waals surface area contributed by atoms with Crippen LogP contribution in [0, 0.1) is 34.5 Å². The van der Waals surface area contributed by atoms with Gasteiger partial charge in [0.2, 0.25) is 0 Å². The van der Waals surface area contributed by atoms with Crippen LogP contribution in [0.3, 0.4) is 0 Å². The number of rotatable bonds is 7. The summed E-state index contributed by atoms with van der Waals surface area (Å²) in [7, 11) is 1.51. The van der Waals surface area contributed by atoms with Crippen molar-refractivity contribution < 1.29 is 19.1 Å². The van der Waals surface area contributed by atoms with E-state index in [2.05, 4.69) is 0 Å². The Labute approximate surface area is 135 Å². The molecule has 1 aromatic rings.